The van der Waals surface area contributed by atoms with Crippen LogP contribution in [0.15, 0.2) is 44.4 Å². The fourth-order valence-corrected chi connectivity index (χ4v) is 3.17. The van der Waals surface area contributed by atoms with Gasteiger partial charge in [0.1, 0.15) is 0 Å². The molecular weight excluding hydrogens is 440 g/mol. The van der Waals surface area contributed by atoms with E-state index in [-0.39, 0.29) is 23.1 Å². The van der Waals surface area contributed by atoms with E-state index in [0.29, 0.717) is 33.0 Å². The van der Waals surface area contributed by atoms with E-state index in [2.05, 4.69) is 31.9 Å². The van der Waals surface area contributed by atoms with Gasteiger partial charge in [-0.15, -0.1) is 0 Å². The molecule has 24 heavy (non-hydrogen) atoms. The van der Waals surface area contributed by atoms with E-state index in [4.69, 9.17) is 0 Å². The molecule has 126 valence electrons. The molecule has 0 aromatic carbocycles. The maximum Gasteiger partial charge on any atom is 0.193 e. The number of rotatable bonds is 7. The number of ketones is 4. The van der Waals surface area contributed by atoms with Gasteiger partial charge in [-0.3, -0.25) is 19.2 Å². The molecule has 0 aromatic heterocycles. The van der Waals surface area contributed by atoms with Gasteiger partial charge in [0.25, 0.3) is 0 Å². The molecule has 0 atom stereocenters. The highest BCUT2D eigenvalue weighted by atomic mass is 79.9. The standard InChI is InChI=1S/C18H16Br2O4/c19-13-9-15(21)11(7-17(13)23)5-3-1-2-4-6-12-8-18(24)14(20)10-16(12)22/h7-10H,1-6H2. The molecular formula is C18H16Br2O4. The zero-order valence-electron chi connectivity index (χ0n) is 12.9. The number of hydrogen-bond donors (Lipinski definition) is 0. The fraction of sp³-hybridized carbons (Fsp3) is 0.333. The molecule has 4 nitrogen and oxygen atoms in total. The van der Waals surface area contributed by atoms with E-state index in [1.54, 1.807) is 0 Å². The summed E-state index contributed by atoms with van der Waals surface area (Å²) < 4.78 is 0.605. The van der Waals surface area contributed by atoms with Gasteiger partial charge in [-0.25, -0.2) is 0 Å². The van der Waals surface area contributed by atoms with Gasteiger partial charge in [-0.2, -0.15) is 0 Å². The number of carbonyl (C=O) groups is 4. The van der Waals surface area contributed by atoms with Crippen LogP contribution in [-0.4, -0.2) is 23.1 Å². The Balaban J connectivity index is 1.68. The monoisotopic (exact) mass is 454 g/mol. The average molecular weight is 456 g/mol. The first-order valence-corrected chi connectivity index (χ1v) is 9.30. The van der Waals surface area contributed by atoms with Gasteiger partial charge in [-0.1, -0.05) is 12.8 Å². The van der Waals surface area contributed by atoms with E-state index >= 15 is 0 Å². The Morgan fingerprint density at radius 2 is 0.917 bits per heavy atom. The highest BCUT2D eigenvalue weighted by molar-refractivity contribution is 9.12. The molecule has 0 saturated carbocycles. The van der Waals surface area contributed by atoms with Gasteiger partial charge in [0.05, 0.1) is 8.96 Å². The first-order chi connectivity index (χ1) is 11.4. The van der Waals surface area contributed by atoms with Crippen molar-refractivity contribution in [1.82, 2.24) is 0 Å². The molecule has 0 unspecified atom stereocenters. The SMILES string of the molecule is O=C1C=C(CCCCCCC2=CC(=O)C(Br)=CC2=O)C(=O)C=C1Br. The van der Waals surface area contributed by atoms with Gasteiger partial charge in [0, 0.05) is 23.3 Å². The fourth-order valence-electron chi connectivity index (χ4n) is 2.53. The summed E-state index contributed by atoms with van der Waals surface area (Å²) in [5.74, 6) is -0.571. The molecule has 0 radical (unpaired) electrons. The van der Waals surface area contributed by atoms with Crippen molar-refractivity contribution in [2.45, 2.75) is 38.5 Å². The van der Waals surface area contributed by atoms with Crippen LogP contribution in [0.4, 0.5) is 0 Å². The van der Waals surface area contributed by atoms with E-state index in [1.807, 2.05) is 0 Å². The lowest BCUT2D eigenvalue weighted by molar-refractivity contribution is -0.114. The molecule has 0 fully saturated rings. The summed E-state index contributed by atoms with van der Waals surface area (Å²) in [6.45, 7) is 0. The zero-order chi connectivity index (χ0) is 17.7. The molecule has 0 bridgehead atoms. The molecule has 2 aliphatic carbocycles. The maximum absolute atomic E-state index is 11.8. The van der Waals surface area contributed by atoms with Crippen LogP contribution in [0.25, 0.3) is 0 Å². The van der Waals surface area contributed by atoms with E-state index in [9.17, 15) is 19.2 Å². The average Bonchev–Trinajstić information content (AvgIpc) is 2.52. The molecule has 0 amide bonds. The van der Waals surface area contributed by atoms with Crippen molar-refractivity contribution in [3.63, 3.8) is 0 Å². The Morgan fingerprint density at radius 3 is 1.29 bits per heavy atom. The Kier molecular flexibility index (Phi) is 6.80. The summed E-state index contributed by atoms with van der Waals surface area (Å²) in [4.78, 5) is 46.6. The number of allylic oxidation sites excluding steroid dienone is 8. The Morgan fingerprint density at radius 1 is 0.542 bits per heavy atom. The second-order valence-corrected chi connectivity index (χ2v) is 7.40. The largest absolute Gasteiger partial charge is 0.290 e. The smallest absolute Gasteiger partial charge is 0.193 e. The van der Waals surface area contributed by atoms with Gasteiger partial charge in [-0.05, 0) is 69.7 Å². The normalized spacial score (nSPS) is 18.2. The molecule has 6 heteroatoms. The van der Waals surface area contributed by atoms with Crippen molar-refractivity contribution >= 4 is 55.0 Å². The topological polar surface area (TPSA) is 68.3 Å². The Bertz CT molecular complexity index is 661. The summed E-state index contributed by atoms with van der Waals surface area (Å²) in [6.07, 6.45) is 10.0. The Hall–Kier alpha value is -1.40. The van der Waals surface area contributed by atoms with E-state index < -0.39 is 0 Å². The van der Waals surface area contributed by atoms with Crippen LogP contribution < -0.4 is 0 Å². The van der Waals surface area contributed by atoms with Crippen molar-refractivity contribution in [2.24, 2.45) is 0 Å². The summed E-state index contributed by atoms with van der Waals surface area (Å²) in [7, 11) is 0. The van der Waals surface area contributed by atoms with Crippen molar-refractivity contribution in [3.05, 3.63) is 44.4 Å². The molecule has 0 heterocycles. The minimum Gasteiger partial charge on any atom is -0.290 e. The van der Waals surface area contributed by atoms with Crippen LogP contribution in [0.5, 0.6) is 0 Å². The minimum atomic E-state index is -0.170. The van der Waals surface area contributed by atoms with Crippen molar-refractivity contribution in [2.75, 3.05) is 0 Å². The molecule has 0 saturated heterocycles. The van der Waals surface area contributed by atoms with Crippen LogP contribution in [0, 0.1) is 0 Å². The zero-order valence-corrected chi connectivity index (χ0v) is 16.1. The summed E-state index contributed by atoms with van der Waals surface area (Å²) in [5, 5.41) is 0. The van der Waals surface area contributed by atoms with Gasteiger partial charge < -0.3 is 0 Å². The molecule has 0 aliphatic heterocycles. The lowest BCUT2D eigenvalue weighted by atomic mass is 9.95. The highest BCUT2D eigenvalue weighted by Crippen LogP contribution is 2.23. The van der Waals surface area contributed by atoms with Crippen LogP contribution in [0.1, 0.15) is 38.5 Å². The number of halogens is 2. The lowest BCUT2D eigenvalue weighted by Crippen LogP contribution is -2.10. The third-order valence-corrected chi connectivity index (χ3v) is 5.11. The summed E-state index contributed by atoms with van der Waals surface area (Å²) in [6, 6.07) is 0. The second-order valence-electron chi connectivity index (χ2n) is 5.69. The molecule has 0 aromatic rings. The first-order valence-electron chi connectivity index (χ1n) is 7.71. The highest BCUT2D eigenvalue weighted by Gasteiger charge is 2.19. The van der Waals surface area contributed by atoms with Crippen LogP contribution in [0.3, 0.4) is 0 Å². The van der Waals surface area contributed by atoms with Gasteiger partial charge in [0.15, 0.2) is 23.1 Å². The summed E-state index contributed by atoms with van der Waals surface area (Å²) in [5.41, 5.74) is 1.10. The van der Waals surface area contributed by atoms with Gasteiger partial charge >= 0.3 is 0 Å². The molecule has 0 N–H and O–H groups in total. The third kappa shape index (κ3) is 5.05. The lowest BCUT2D eigenvalue weighted by Gasteiger charge is -2.10. The number of unbranched alkanes of at least 4 members (excludes halogenated alkanes) is 3. The van der Waals surface area contributed by atoms with Crippen molar-refractivity contribution < 1.29 is 19.2 Å². The van der Waals surface area contributed by atoms with Crippen LogP contribution in [0.2, 0.25) is 0 Å². The predicted molar refractivity (Wildman–Crippen MR) is 97.9 cm³/mol. The first kappa shape index (κ1) is 18.9. The van der Waals surface area contributed by atoms with Crippen LogP contribution >= 0.6 is 31.9 Å². The second kappa shape index (κ2) is 8.62. The summed E-state index contributed by atoms with van der Waals surface area (Å²) >= 11 is 6.11. The van der Waals surface area contributed by atoms with E-state index in [0.717, 1.165) is 25.7 Å². The van der Waals surface area contributed by atoms with Crippen LogP contribution in [-0.2, 0) is 19.2 Å². The molecule has 0 spiro atoms. The van der Waals surface area contributed by atoms with Gasteiger partial charge in [0.2, 0.25) is 0 Å². The predicted octanol–water partition coefficient (Wildman–Crippen LogP) is 4.04. The molecule has 2 rings (SSSR count). The minimum absolute atomic E-state index is 0.115. The van der Waals surface area contributed by atoms with Crippen molar-refractivity contribution in [1.29, 1.82) is 0 Å². The number of hydrogen-bond acceptors (Lipinski definition) is 4. The van der Waals surface area contributed by atoms with Crippen molar-refractivity contribution in [3.8, 4) is 0 Å². The third-order valence-electron chi connectivity index (χ3n) is 3.87. The number of carbonyl (C=O) groups excluding carboxylic acids is 4. The molecule has 2 aliphatic rings. The quantitative estimate of drug-likeness (QED) is 0.429. The Labute approximate surface area is 157 Å². The maximum atomic E-state index is 11.8. The van der Waals surface area contributed by atoms with E-state index in [1.165, 1.54) is 24.3 Å².